The van der Waals surface area contributed by atoms with Gasteiger partial charge in [-0.3, -0.25) is 0 Å². The van der Waals surface area contributed by atoms with E-state index in [0.717, 1.165) is 0 Å². The summed E-state index contributed by atoms with van der Waals surface area (Å²) in [5.41, 5.74) is 4.03. The molecule has 1 radical (unpaired) electrons. The number of carboxylic acid groups (broad SMARTS) is 1. The molecule has 0 aromatic carbocycles. The SMILES string of the molecule is NC(=O)O.S.[Na]. The van der Waals surface area contributed by atoms with Crippen molar-refractivity contribution in [2.75, 3.05) is 0 Å². The first-order valence-corrected chi connectivity index (χ1v) is 0.716. The Balaban J connectivity index is -0.0000000450. The molecule has 0 unspecified atom stereocenters. The number of rotatable bonds is 0. The minimum Gasteiger partial charge on any atom is -0.465 e. The Morgan fingerprint density at radius 1 is 1.67 bits per heavy atom. The largest absolute Gasteiger partial charge is 0.465 e. The molecule has 0 saturated carbocycles. The molecule has 0 aromatic rings. The number of primary amides is 1. The van der Waals surface area contributed by atoms with E-state index in [4.69, 9.17) is 9.90 Å². The van der Waals surface area contributed by atoms with Gasteiger partial charge < -0.3 is 10.8 Å². The third kappa shape index (κ3) is 157. The van der Waals surface area contributed by atoms with E-state index in [2.05, 4.69) is 5.73 Å². The first-order chi connectivity index (χ1) is 1.73. The summed E-state index contributed by atoms with van der Waals surface area (Å²) in [7, 11) is 0. The molecule has 0 atom stereocenters. The Morgan fingerprint density at radius 3 is 1.67 bits per heavy atom. The molecule has 0 saturated heterocycles. The van der Waals surface area contributed by atoms with Crippen LogP contribution in [0, 0.1) is 0 Å². The molecule has 0 heterocycles. The maximum atomic E-state index is 8.78. The summed E-state index contributed by atoms with van der Waals surface area (Å²) in [6, 6.07) is 0. The molecule has 0 spiro atoms. The molecule has 0 fully saturated rings. The van der Waals surface area contributed by atoms with Crippen molar-refractivity contribution in [3.05, 3.63) is 0 Å². The van der Waals surface area contributed by atoms with E-state index in [1.54, 1.807) is 0 Å². The quantitative estimate of drug-likeness (QED) is 0.415. The van der Waals surface area contributed by atoms with Crippen molar-refractivity contribution in [1.29, 1.82) is 0 Å². The molecular weight excluding hydrogens is 113 g/mol. The molecule has 3 nitrogen and oxygen atoms in total. The van der Waals surface area contributed by atoms with Crippen LogP contribution in [0.4, 0.5) is 4.79 Å². The van der Waals surface area contributed by atoms with E-state index < -0.39 is 6.09 Å². The zero-order chi connectivity index (χ0) is 3.58. The van der Waals surface area contributed by atoms with Gasteiger partial charge in [-0.25, -0.2) is 4.79 Å². The number of amides is 1. The molecule has 33 valence electrons. The predicted octanol–water partition coefficient (Wildman–Crippen LogP) is -0.645. The molecule has 0 aliphatic heterocycles. The van der Waals surface area contributed by atoms with E-state index in [-0.39, 0.29) is 43.1 Å². The first-order valence-electron chi connectivity index (χ1n) is 0.716. The molecule has 0 aliphatic carbocycles. The van der Waals surface area contributed by atoms with Crippen molar-refractivity contribution in [1.82, 2.24) is 0 Å². The minimum atomic E-state index is -1.33. The van der Waals surface area contributed by atoms with Crippen LogP contribution in [0.25, 0.3) is 0 Å². The van der Waals surface area contributed by atoms with E-state index in [1.165, 1.54) is 0 Å². The molecule has 0 bridgehead atoms. The zero-order valence-corrected chi connectivity index (χ0v) is 6.43. The standard InChI is InChI=1S/CH3NO2.Na.H2S/c2-1(3)4;;/h2H2,(H,3,4);;1H2. The average molecular weight is 118 g/mol. The fourth-order valence-electron chi connectivity index (χ4n) is 0. The van der Waals surface area contributed by atoms with Gasteiger partial charge in [-0.15, -0.1) is 0 Å². The Bertz CT molecular complexity index is 36.5. The number of hydrogen-bond acceptors (Lipinski definition) is 1. The Hall–Kier alpha value is 0.620. The van der Waals surface area contributed by atoms with Gasteiger partial charge in [0.1, 0.15) is 0 Å². The summed E-state index contributed by atoms with van der Waals surface area (Å²) < 4.78 is 0. The van der Waals surface area contributed by atoms with Crippen LogP contribution in [0.3, 0.4) is 0 Å². The van der Waals surface area contributed by atoms with Gasteiger partial charge in [0.05, 0.1) is 0 Å². The van der Waals surface area contributed by atoms with Gasteiger partial charge in [0.15, 0.2) is 0 Å². The molecule has 5 heteroatoms. The van der Waals surface area contributed by atoms with Crippen LogP contribution in [0.2, 0.25) is 0 Å². The van der Waals surface area contributed by atoms with E-state index >= 15 is 0 Å². The Morgan fingerprint density at radius 2 is 1.67 bits per heavy atom. The van der Waals surface area contributed by atoms with Gasteiger partial charge in [0, 0.05) is 29.6 Å². The van der Waals surface area contributed by atoms with Crippen molar-refractivity contribution in [3.8, 4) is 0 Å². The summed E-state index contributed by atoms with van der Waals surface area (Å²) in [5.74, 6) is 0. The third-order valence-corrected chi connectivity index (χ3v) is 0. The van der Waals surface area contributed by atoms with E-state index in [1.807, 2.05) is 0 Å². The Labute approximate surface area is 64.6 Å². The van der Waals surface area contributed by atoms with Crippen molar-refractivity contribution >= 4 is 49.1 Å². The summed E-state index contributed by atoms with van der Waals surface area (Å²) in [6.45, 7) is 0. The topological polar surface area (TPSA) is 63.3 Å². The number of carbonyl (C=O) groups is 1. The summed E-state index contributed by atoms with van der Waals surface area (Å²) in [6.07, 6.45) is -1.33. The van der Waals surface area contributed by atoms with Crippen LogP contribution in [0.1, 0.15) is 0 Å². The molecule has 0 aromatic heterocycles. The first kappa shape index (κ1) is 16.0. The van der Waals surface area contributed by atoms with Gasteiger partial charge in [0.25, 0.3) is 0 Å². The average Bonchev–Trinajstić information content (AvgIpc) is 0.811. The van der Waals surface area contributed by atoms with Crippen LogP contribution < -0.4 is 5.73 Å². The number of nitrogens with two attached hydrogens (primary N) is 1. The monoisotopic (exact) mass is 118 g/mol. The van der Waals surface area contributed by atoms with Crippen LogP contribution in [0.5, 0.6) is 0 Å². The summed E-state index contributed by atoms with van der Waals surface area (Å²) in [5, 5.41) is 7.19. The van der Waals surface area contributed by atoms with E-state index in [0.29, 0.717) is 0 Å². The second kappa shape index (κ2) is 9.15. The van der Waals surface area contributed by atoms with Gasteiger partial charge in [-0.1, -0.05) is 0 Å². The molecule has 1 amide bonds. The predicted molar refractivity (Wildman–Crippen MR) is 28.3 cm³/mol. The summed E-state index contributed by atoms with van der Waals surface area (Å²) in [4.78, 5) is 8.78. The normalized spacial score (nSPS) is 4.00. The maximum absolute atomic E-state index is 8.78. The van der Waals surface area contributed by atoms with Gasteiger partial charge in [-0.05, 0) is 0 Å². The smallest absolute Gasteiger partial charge is 0.402 e. The van der Waals surface area contributed by atoms with Crippen molar-refractivity contribution in [2.24, 2.45) is 5.73 Å². The van der Waals surface area contributed by atoms with Crippen molar-refractivity contribution < 1.29 is 9.90 Å². The van der Waals surface area contributed by atoms with Crippen molar-refractivity contribution in [3.63, 3.8) is 0 Å². The van der Waals surface area contributed by atoms with Crippen LogP contribution >= 0.6 is 13.5 Å². The van der Waals surface area contributed by atoms with Gasteiger partial charge in [-0.2, -0.15) is 13.5 Å². The van der Waals surface area contributed by atoms with Gasteiger partial charge >= 0.3 is 6.09 Å². The molecule has 3 N–H and O–H groups in total. The van der Waals surface area contributed by atoms with Gasteiger partial charge in [0.2, 0.25) is 0 Å². The molecule has 0 aliphatic rings. The van der Waals surface area contributed by atoms with E-state index in [9.17, 15) is 0 Å². The maximum Gasteiger partial charge on any atom is 0.402 e. The molecule has 6 heavy (non-hydrogen) atoms. The number of hydrogen-bond donors (Lipinski definition) is 2. The molecular formula is CH5NNaO2S. The van der Waals surface area contributed by atoms with Crippen LogP contribution in [-0.4, -0.2) is 40.8 Å². The van der Waals surface area contributed by atoms with Crippen LogP contribution in [-0.2, 0) is 0 Å². The second-order valence-corrected chi connectivity index (χ2v) is 0.338. The zero-order valence-electron chi connectivity index (χ0n) is 3.43. The fraction of sp³-hybridized carbons (Fsp3) is 0. The Kier molecular flexibility index (Phi) is 24.3. The third-order valence-electron chi connectivity index (χ3n) is 0. The fourth-order valence-corrected chi connectivity index (χ4v) is 0. The van der Waals surface area contributed by atoms with Crippen molar-refractivity contribution in [2.45, 2.75) is 0 Å². The second-order valence-electron chi connectivity index (χ2n) is 0.338. The minimum absolute atomic E-state index is 0. The van der Waals surface area contributed by atoms with Crippen LogP contribution in [0.15, 0.2) is 0 Å². The summed E-state index contributed by atoms with van der Waals surface area (Å²) >= 11 is 0. The molecule has 0 rings (SSSR count).